The van der Waals surface area contributed by atoms with Crippen molar-refractivity contribution in [1.29, 1.82) is 0 Å². The Morgan fingerprint density at radius 1 is 1.27 bits per heavy atom. The number of benzene rings is 1. The zero-order valence-electron chi connectivity index (χ0n) is 7.23. The highest BCUT2D eigenvalue weighted by molar-refractivity contribution is 14.1. The fourth-order valence-corrected chi connectivity index (χ4v) is 1.67. The number of aromatic amines is 1. The van der Waals surface area contributed by atoms with Gasteiger partial charge in [0.15, 0.2) is 23.0 Å². The average molecular weight is 327 g/mol. The fourth-order valence-electron chi connectivity index (χ4n) is 1.42. The van der Waals surface area contributed by atoms with Crippen molar-refractivity contribution in [1.82, 2.24) is 4.98 Å². The second-order valence-electron chi connectivity index (χ2n) is 2.98. The van der Waals surface area contributed by atoms with E-state index in [4.69, 9.17) is 3.07 Å². The minimum absolute atomic E-state index is 0.153. The summed E-state index contributed by atoms with van der Waals surface area (Å²) >= 11 is 1.55. The highest BCUT2D eigenvalue weighted by Gasteiger charge is 2.33. The predicted molar refractivity (Wildman–Crippen MR) is 57.9 cm³/mol. The summed E-state index contributed by atoms with van der Waals surface area (Å²) in [5.74, 6) is 0.179. The van der Waals surface area contributed by atoms with Crippen molar-refractivity contribution in [3.8, 4) is 5.75 Å². The van der Waals surface area contributed by atoms with Gasteiger partial charge in [-0.2, -0.15) is 13.2 Å². The largest absolute Gasteiger partial charge is 0.428 e. The van der Waals surface area contributed by atoms with Gasteiger partial charge in [0.2, 0.25) is 0 Å². The van der Waals surface area contributed by atoms with Crippen LogP contribution >= 0.6 is 23.0 Å². The molecule has 0 spiro atoms. The molecule has 0 fully saturated rings. The monoisotopic (exact) mass is 327 g/mol. The summed E-state index contributed by atoms with van der Waals surface area (Å²) in [6.45, 7) is 0. The molecule has 0 saturated heterocycles. The van der Waals surface area contributed by atoms with Crippen LogP contribution in [0.1, 0.15) is 5.56 Å². The third kappa shape index (κ3) is 1.90. The van der Waals surface area contributed by atoms with E-state index in [0.29, 0.717) is 5.52 Å². The number of alkyl halides is 3. The number of hydrogen-bond acceptors (Lipinski definition) is 1. The molecule has 1 N–H and O–H groups in total. The Labute approximate surface area is 97.1 Å². The lowest BCUT2D eigenvalue weighted by atomic mass is 10.1. The Bertz CT molecular complexity index is 492. The molecule has 2 rings (SSSR count). The van der Waals surface area contributed by atoms with E-state index >= 15 is 0 Å². The van der Waals surface area contributed by atoms with E-state index in [-0.39, 0.29) is 11.1 Å². The van der Waals surface area contributed by atoms with Crippen LogP contribution in [0.5, 0.6) is 5.75 Å². The maximum Gasteiger partial charge on any atom is 0.417 e. The van der Waals surface area contributed by atoms with Crippen LogP contribution in [0.4, 0.5) is 13.2 Å². The molecular weight excluding hydrogens is 322 g/mol. The molecule has 80 valence electrons. The molecule has 0 radical (unpaired) electrons. The third-order valence-corrected chi connectivity index (χ3v) is 2.55. The number of fused-ring (bicyclic) bond motifs is 1. The molecule has 0 saturated carbocycles. The standard InChI is InChI=1S/C9H5F3INO/c10-9(11,12)7-3-5(15-13)4-8-6(7)1-2-14-8/h1-4,14H. The van der Waals surface area contributed by atoms with Gasteiger partial charge in [0, 0.05) is 23.2 Å². The summed E-state index contributed by atoms with van der Waals surface area (Å²) < 4.78 is 42.7. The summed E-state index contributed by atoms with van der Waals surface area (Å²) in [5.41, 5.74) is -0.274. The molecule has 0 aliphatic heterocycles. The number of nitrogens with one attached hydrogen (secondary N) is 1. The molecular formula is C9H5F3INO. The molecule has 1 aromatic carbocycles. The van der Waals surface area contributed by atoms with Gasteiger partial charge in [0.05, 0.1) is 5.56 Å². The molecule has 15 heavy (non-hydrogen) atoms. The molecule has 0 atom stereocenters. The van der Waals surface area contributed by atoms with Gasteiger partial charge < -0.3 is 8.05 Å². The second-order valence-corrected chi connectivity index (χ2v) is 3.43. The average Bonchev–Trinajstić information content (AvgIpc) is 2.61. The van der Waals surface area contributed by atoms with E-state index in [9.17, 15) is 13.2 Å². The molecule has 0 amide bonds. The van der Waals surface area contributed by atoms with Gasteiger partial charge in [-0.15, -0.1) is 0 Å². The van der Waals surface area contributed by atoms with Gasteiger partial charge in [-0.1, -0.05) is 0 Å². The van der Waals surface area contributed by atoms with Gasteiger partial charge in [-0.25, -0.2) is 0 Å². The van der Waals surface area contributed by atoms with Crippen molar-refractivity contribution in [3.63, 3.8) is 0 Å². The number of halogens is 4. The fraction of sp³-hybridized carbons (Fsp3) is 0.111. The Hall–Kier alpha value is -0.920. The van der Waals surface area contributed by atoms with Crippen molar-refractivity contribution >= 4 is 33.9 Å². The van der Waals surface area contributed by atoms with Crippen molar-refractivity contribution in [2.24, 2.45) is 0 Å². The zero-order valence-corrected chi connectivity index (χ0v) is 9.39. The lowest BCUT2D eigenvalue weighted by Gasteiger charge is -2.09. The zero-order chi connectivity index (χ0) is 11.1. The van der Waals surface area contributed by atoms with E-state index in [1.54, 1.807) is 23.0 Å². The number of H-pyrrole nitrogens is 1. The first kappa shape index (κ1) is 10.6. The highest BCUT2D eigenvalue weighted by Crippen LogP contribution is 2.37. The normalized spacial score (nSPS) is 12.0. The molecule has 0 bridgehead atoms. The van der Waals surface area contributed by atoms with Crippen molar-refractivity contribution in [2.45, 2.75) is 6.18 Å². The maximum absolute atomic E-state index is 12.6. The number of rotatable bonds is 1. The van der Waals surface area contributed by atoms with Gasteiger partial charge >= 0.3 is 6.18 Å². The number of hydrogen-bond donors (Lipinski definition) is 1. The quantitative estimate of drug-likeness (QED) is 0.789. The molecule has 2 nitrogen and oxygen atoms in total. The maximum atomic E-state index is 12.6. The summed E-state index contributed by atoms with van der Waals surface area (Å²) in [5, 5.41) is 0.153. The molecule has 0 unspecified atom stereocenters. The van der Waals surface area contributed by atoms with E-state index < -0.39 is 11.7 Å². The van der Waals surface area contributed by atoms with Crippen LogP contribution in [0.2, 0.25) is 0 Å². The van der Waals surface area contributed by atoms with E-state index in [2.05, 4.69) is 4.98 Å². The van der Waals surface area contributed by atoms with E-state index in [1.165, 1.54) is 18.3 Å². The lowest BCUT2D eigenvalue weighted by Crippen LogP contribution is -2.05. The van der Waals surface area contributed by atoms with E-state index in [0.717, 1.165) is 6.07 Å². The molecule has 2 aromatic rings. The third-order valence-electron chi connectivity index (χ3n) is 2.04. The Kier molecular flexibility index (Phi) is 2.53. The summed E-state index contributed by atoms with van der Waals surface area (Å²) in [4.78, 5) is 2.72. The Morgan fingerprint density at radius 2 is 2.00 bits per heavy atom. The Balaban J connectivity index is 2.74. The minimum atomic E-state index is -4.37. The van der Waals surface area contributed by atoms with Crippen LogP contribution in [-0.2, 0) is 6.18 Å². The van der Waals surface area contributed by atoms with Crippen molar-refractivity contribution in [3.05, 3.63) is 30.0 Å². The molecule has 6 heteroatoms. The van der Waals surface area contributed by atoms with Crippen LogP contribution < -0.4 is 3.07 Å². The highest BCUT2D eigenvalue weighted by atomic mass is 127. The topological polar surface area (TPSA) is 25.0 Å². The van der Waals surface area contributed by atoms with Gasteiger partial charge in [-0.3, -0.25) is 0 Å². The number of aromatic nitrogens is 1. The van der Waals surface area contributed by atoms with Gasteiger partial charge in [0.25, 0.3) is 0 Å². The SMILES string of the molecule is FC(F)(F)c1cc(OI)cc2[nH]ccc12. The first-order valence-corrected chi connectivity index (χ1v) is 4.87. The van der Waals surface area contributed by atoms with Crippen LogP contribution in [-0.4, -0.2) is 4.98 Å². The second kappa shape index (κ2) is 3.58. The van der Waals surface area contributed by atoms with Gasteiger partial charge in [0.1, 0.15) is 5.75 Å². The molecule has 1 heterocycles. The van der Waals surface area contributed by atoms with Crippen LogP contribution in [0.25, 0.3) is 10.9 Å². The van der Waals surface area contributed by atoms with Crippen LogP contribution in [0.3, 0.4) is 0 Å². The first-order valence-electron chi connectivity index (χ1n) is 3.99. The van der Waals surface area contributed by atoms with Crippen molar-refractivity contribution < 1.29 is 16.2 Å². The van der Waals surface area contributed by atoms with Gasteiger partial charge in [-0.05, 0) is 12.1 Å². The summed E-state index contributed by atoms with van der Waals surface area (Å²) in [6, 6.07) is 3.91. The van der Waals surface area contributed by atoms with Crippen LogP contribution in [0, 0.1) is 0 Å². The molecule has 0 aliphatic carbocycles. The first-order chi connectivity index (χ1) is 7.02. The Morgan fingerprint density at radius 3 is 2.60 bits per heavy atom. The molecule has 1 aromatic heterocycles. The summed E-state index contributed by atoms with van der Waals surface area (Å²) in [7, 11) is 0. The summed E-state index contributed by atoms with van der Waals surface area (Å²) in [6.07, 6.45) is -2.90. The van der Waals surface area contributed by atoms with Crippen LogP contribution in [0.15, 0.2) is 24.4 Å². The predicted octanol–water partition coefficient (Wildman–Crippen LogP) is 3.92. The van der Waals surface area contributed by atoms with E-state index in [1.807, 2.05) is 0 Å². The minimum Gasteiger partial charge on any atom is -0.428 e. The lowest BCUT2D eigenvalue weighted by molar-refractivity contribution is -0.136. The van der Waals surface area contributed by atoms with Crippen molar-refractivity contribution in [2.75, 3.05) is 0 Å². The smallest absolute Gasteiger partial charge is 0.417 e. The molecule has 0 aliphatic rings.